The molecule has 0 fully saturated rings. The molecule has 0 bridgehead atoms. The van der Waals surface area contributed by atoms with E-state index in [-0.39, 0.29) is 21.9 Å². The van der Waals surface area contributed by atoms with Gasteiger partial charge >= 0.3 is 5.97 Å². The highest BCUT2D eigenvalue weighted by Gasteiger charge is 2.16. The molecule has 0 saturated heterocycles. The number of thiocarbonyl (C=S) groups is 1. The summed E-state index contributed by atoms with van der Waals surface area (Å²) in [5.41, 5.74) is 1.60. The van der Waals surface area contributed by atoms with Crippen LogP contribution in [0, 0.1) is 24.0 Å². The molecule has 26 heavy (non-hydrogen) atoms. The number of carboxylic acids is 1. The number of hydrogen-bond donors (Lipinski definition) is 3. The number of aromatic carboxylic acids is 1. The Morgan fingerprint density at radius 3 is 2.31 bits per heavy atom. The molecule has 2 rings (SSSR count). The van der Waals surface area contributed by atoms with Crippen LogP contribution < -0.4 is 10.6 Å². The molecule has 0 aliphatic heterocycles. The molecule has 0 heterocycles. The molecule has 9 heteroatoms. The van der Waals surface area contributed by atoms with Gasteiger partial charge in [-0.3, -0.25) is 20.2 Å². The molecular formula is C17H15N3O5S. The van der Waals surface area contributed by atoms with Crippen molar-refractivity contribution >= 4 is 40.6 Å². The van der Waals surface area contributed by atoms with Crippen LogP contribution in [0.1, 0.15) is 31.8 Å². The van der Waals surface area contributed by atoms with Gasteiger partial charge in [0.2, 0.25) is 0 Å². The highest BCUT2D eigenvalue weighted by molar-refractivity contribution is 7.80. The second-order valence-electron chi connectivity index (χ2n) is 5.50. The number of carbonyl (C=O) groups excluding carboxylic acids is 1. The van der Waals surface area contributed by atoms with E-state index in [1.54, 1.807) is 19.9 Å². The molecule has 134 valence electrons. The van der Waals surface area contributed by atoms with E-state index in [0.29, 0.717) is 11.3 Å². The molecule has 0 radical (unpaired) electrons. The first-order chi connectivity index (χ1) is 12.2. The molecule has 0 aromatic heterocycles. The summed E-state index contributed by atoms with van der Waals surface area (Å²) < 4.78 is 0. The van der Waals surface area contributed by atoms with Gasteiger partial charge in [0.15, 0.2) is 5.11 Å². The SMILES string of the molecule is Cc1ccc(C(=O)O)cc1NC(=S)NC(=O)c1ccc(C)c([N+](=O)[O-])c1. The zero-order chi connectivity index (χ0) is 19.4. The molecule has 0 aliphatic rings. The molecule has 0 aliphatic carbocycles. The Kier molecular flexibility index (Phi) is 5.63. The Hall–Kier alpha value is -3.33. The predicted molar refractivity (Wildman–Crippen MR) is 99.7 cm³/mol. The van der Waals surface area contributed by atoms with Crippen molar-refractivity contribution in [1.82, 2.24) is 5.32 Å². The van der Waals surface area contributed by atoms with Crippen molar-refractivity contribution in [1.29, 1.82) is 0 Å². The fraction of sp³-hybridized carbons (Fsp3) is 0.118. The third kappa shape index (κ3) is 4.39. The van der Waals surface area contributed by atoms with E-state index in [4.69, 9.17) is 17.3 Å². The van der Waals surface area contributed by atoms with Crippen molar-refractivity contribution in [3.05, 3.63) is 68.8 Å². The molecule has 1 amide bonds. The minimum absolute atomic E-state index is 0.0520. The Morgan fingerprint density at radius 1 is 1.08 bits per heavy atom. The molecule has 2 aromatic rings. The maximum Gasteiger partial charge on any atom is 0.335 e. The summed E-state index contributed by atoms with van der Waals surface area (Å²) in [6.07, 6.45) is 0. The first kappa shape index (κ1) is 19.0. The number of nitrogens with one attached hydrogen (secondary N) is 2. The molecule has 0 saturated carbocycles. The van der Waals surface area contributed by atoms with Crippen LogP contribution in [0.4, 0.5) is 11.4 Å². The number of anilines is 1. The second kappa shape index (κ2) is 7.70. The topological polar surface area (TPSA) is 122 Å². The molecule has 0 unspecified atom stereocenters. The zero-order valence-corrected chi connectivity index (χ0v) is 14.7. The van der Waals surface area contributed by atoms with E-state index in [9.17, 15) is 19.7 Å². The fourth-order valence-corrected chi connectivity index (χ4v) is 2.37. The summed E-state index contributed by atoms with van der Waals surface area (Å²) in [6.45, 7) is 3.33. The van der Waals surface area contributed by atoms with Gasteiger partial charge in [-0.1, -0.05) is 12.1 Å². The highest BCUT2D eigenvalue weighted by atomic mass is 32.1. The number of nitro benzene ring substituents is 1. The number of hydrogen-bond acceptors (Lipinski definition) is 5. The first-order valence-corrected chi connectivity index (χ1v) is 7.81. The van der Waals surface area contributed by atoms with Crippen LogP contribution in [0.2, 0.25) is 0 Å². The smallest absolute Gasteiger partial charge is 0.335 e. The van der Waals surface area contributed by atoms with Gasteiger partial charge in [-0.15, -0.1) is 0 Å². The third-order valence-corrected chi connectivity index (χ3v) is 3.83. The van der Waals surface area contributed by atoms with Crippen LogP contribution >= 0.6 is 12.2 Å². The van der Waals surface area contributed by atoms with E-state index >= 15 is 0 Å². The molecular weight excluding hydrogens is 358 g/mol. The van der Waals surface area contributed by atoms with E-state index in [1.807, 2.05) is 0 Å². The number of benzene rings is 2. The van der Waals surface area contributed by atoms with Crippen molar-refractivity contribution in [3.8, 4) is 0 Å². The Bertz CT molecular complexity index is 927. The number of amides is 1. The minimum atomic E-state index is -1.09. The van der Waals surface area contributed by atoms with Crippen molar-refractivity contribution in [3.63, 3.8) is 0 Å². The van der Waals surface area contributed by atoms with Crippen LogP contribution in [0.3, 0.4) is 0 Å². The van der Waals surface area contributed by atoms with Gasteiger partial charge in [0.1, 0.15) is 0 Å². The number of aryl methyl sites for hydroxylation is 2. The van der Waals surface area contributed by atoms with Crippen LogP contribution in [-0.4, -0.2) is 27.0 Å². The lowest BCUT2D eigenvalue weighted by Crippen LogP contribution is -2.34. The quantitative estimate of drug-likeness (QED) is 0.428. The predicted octanol–water partition coefficient (Wildman–Crippen LogP) is 3.04. The minimum Gasteiger partial charge on any atom is -0.478 e. The van der Waals surface area contributed by atoms with Crippen molar-refractivity contribution in [2.24, 2.45) is 0 Å². The van der Waals surface area contributed by atoms with Gasteiger partial charge in [-0.25, -0.2) is 4.79 Å². The molecule has 2 aromatic carbocycles. The van der Waals surface area contributed by atoms with Gasteiger partial charge in [0, 0.05) is 22.9 Å². The number of rotatable bonds is 4. The monoisotopic (exact) mass is 373 g/mol. The number of nitro groups is 1. The zero-order valence-electron chi connectivity index (χ0n) is 13.9. The summed E-state index contributed by atoms with van der Waals surface area (Å²) in [4.78, 5) is 33.7. The Morgan fingerprint density at radius 2 is 1.69 bits per heavy atom. The average Bonchev–Trinajstić information content (AvgIpc) is 2.56. The van der Waals surface area contributed by atoms with Gasteiger partial charge in [-0.2, -0.15) is 0 Å². The lowest BCUT2D eigenvalue weighted by Gasteiger charge is -2.12. The van der Waals surface area contributed by atoms with Crippen molar-refractivity contribution in [2.45, 2.75) is 13.8 Å². The van der Waals surface area contributed by atoms with Gasteiger partial charge in [0.25, 0.3) is 11.6 Å². The van der Waals surface area contributed by atoms with Gasteiger partial charge < -0.3 is 10.4 Å². The Labute approximate surface area is 154 Å². The lowest BCUT2D eigenvalue weighted by molar-refractivity contribution is -0.385. The van der Waals surface area contributed by atoms with Crippen molar-refractivity contribution < 1.29 is 19.6 Å². The van der Waals surface area contributed by atoms with E-state index in [2.05, 4.69) is 10.6 Å². The summed E-state index contributed by atoms with van der Waals surface area (Å²) in [5, 5.41) is 25.1. The molecule has 0 atom stereocenters. The molecule has 8 nitrogen and oxygen atoms in total. The van der Waals surface area contributed by atoms with E-state index < -0.39 is 16.8 Å². The molecule has 3 N–H and O–H groups in total. The maximum absolute atomic E-state index is 12.2. The van der Waals surface area contributed by atoms with Crippen LogP contribution in [0.5, 0.6) is 0 Å². The van der Waals surface area contributed by atoms with Crippen LogP contribution in [0.15, 0.2) is 36.4 Å². The normalized spacial score (nSPS) is 10.1. The lowest BCUT2D eigenvalue weighted by atomic mass is 10.1. The first-order valence-electron chi connectivity index (χ1n) is 7.40. The third-order valence-electron chi connectivity index (χ3n) is 3.63. The van der Waals surface area contributed by atoms with E-state index in [1.165, 1.54) is 30.3 Å². The Balaban J connectivity index is 2.14. The van der Waals surface area contributed by atoms with Crippen LogP contribution in [0.25, 0.3) is 0 Å². The van der Waals surface area contributed by atoms with Crippen LogP contribution in [-0.2, 0) is 0 Å². The summed E-state index contributed by atoms with van der Waals surface area (Å²) in [6, 6.07) is 8.56. The standard InChI is InChI=1S/C17H15N3O5S/c1-9-3-6-12(16(22)23)7-13(9)18-17(26)19-15(21)11-5-4-10(2)14(8-11)20(24)25/h3-8H,1-2H3,(H,22,23)(H2,18,19,21,26). The van der Waals surface area contributed by atoms with E-state index in [0.717, 1.165) is 5.56 Å². The maximum atomic E-state index is 12.2. The van der Waals surface area contributed by atoms with Gasteiger partial charge in [-0.05, 0) is 49.8 Å². The fourth-order valence-electron chi connectivity index (χ4n) is 2.17. The van der Waals surface area contributed by atoms with Gasteiger partial charge in [0.05, 0.1) is 10.5 Å². The number of carboxylic acid groups (broad SMARTS) is 1. The number of carbonyl (C=O) groups is 2. The largest absolute Gasteiger partial charge is 0.478 e. The molecule has 0 spiro atoms. The van der Waals surface area contributed by atoms with Crippen molar-refractivity contribution in [2.75, 3.05) is 5.32 Å². The highest BCUT2D eigenvalue weighted by Crippen LogP contribution is 2.20. The summed E-state index contributed by atoms with van der Waals surface area (Å²) >= 11 is 5.07. The summed E-state index contributed by atoms with van der Waals surface area (Å²) in [7, 11) is 0. The second-order valence-corrected chi connectivity index (χ2v) is 5.91. The average molecular weight is 373 g/mol. The number of nitrogens with zero attached hydrogens (tertiary/aromatic N) is 1. The summed E-state index contributed by atoms with van der Waals surface area (Å²) in [5.74, 6) is -1.70.